The van der Waals surface area contributed by atoms with E-state index in [1.807, 2.05) is 23.1 Å². The van der Waals surface area contributed by atoms with Crippen molar-refractivity contribution in [1.82, 2.24) is 0 Å². The van der Waals surface area contributed by atoms with Crippen LogP contribution in [-0.4, -0.2) is 17.6 Å². The summed E-state index contributed by atoms with van der Waals surface area (Å²) in [6.07, 6.45) is 0.913. The van der Waals surface area contributed by atoms with Gasteiger partial charge in [0, 0.05) is 17.9 Å². The maximum atomic E-state index is 13.4. The summed E-state index contributed by atoms with van der Waals surface area (Å²) in [4.78, 5) is 13.0. The highest BCUT2D eigenvalue weighted by Crippen LogP contribution is 2.34. The Hall–Kier alpha value is -2.36. The first-order chi connectivity index (χ1) is 9.16. The molecule has 0 unspecified atom stereocenters. The molecule has 1 aliphatic heterocycles. The molecular formula is C15H12FNO2. The number of hydrogen-bond acceptors (Lipinski definition) is 2. The molecule has 4 heteroatoms. The Labute approximate surface area is 109 Å². The molecule has 1 heterocycles. The van der Waals surface area contributed by atoms with Gasteiger partial charge in [-0.1, -0.05) is 18.2 Å². The molecule has 0 amide bonds. The van der Waals surface area contributed by atoms with Crippen LogP contribution in [0.3, 0.4) is 0 Å². The molecule has 0 atom stereocenters. The summed E-state index contributed by atoms with van der Waals surface area (Å²) in [7, 11) is 0. The fourth-order valence-corrected chi connectivity index (χ4v) is 2.45. The average Bonchev–Trinajstić information content (AvgIpc) is 2.83. The van der Waals surface area contributed by atoms with Crippen molar-refractivity contribution >= 4 is 17.3 Å². The van der Waals surface area contributed by atoms with Gasteiger partial charge >= 0.3 is 5.97 Å². The van der Waals surface area contributed by atoms with E-state index in [0.29, 0.717) is 5.69 Å². The summed E-state index contributed by atoms with van der Waals surface area (Å²) in [6.45, 7) is 0.782. The van der Waals surface area contributed by atoms with Gasteiger partial charge in [0.1, 0.15) is 5.82 Å². The van der Waals surface area contributed by atoms with E-state index in [1.165, 1.54) is 17.7 Å². The van der Waals surface area contributed by atoms with Crippen LogP contribution >= 0.6 is 0 Å². The second-order valence-electron chi connectivity index (χ2n) is 4.50. The summed E-state index contributed by atoms with van der Waals surface area (Å²) < 4.78 is 13.4. The largest absolute Gasteiger partial charge is 0.478 e. The minimum Gasteiger partial charge on any atom is -0.478 e. The summed E-state index contributed by atoms with van der Waals surface area (Å²) in [5.74, 6) is -1.95. The molecule has 0 radical (unpaired) electrons. The molecule has 0 aliphatic carbocycles. The van der Waals surface area contributed by atoms with Gasteiger partial charge in [-0.05, 0) is 36.2 Å². The summed E-state index contributed by atoms with van der Waals surface area (Å²) >= 11 is 0. The van der Waals surface area contributed by atoms with Crippen molar-refractivity contribution in [2.45, 2.75) is 6.42 Å². The van der Waals surface area contributed by atoms with E-state index in [4.69, 9.17) is 5.11 Å². The zero-order valence-electron chi connectivity index (χ0n) is 10.1. The van der Waals surface area contributed by atoms with E-state index in [2.05, 4.69) is 6.07 Å². The van der Waals surface area contributed by atoms with Crippen molar-refractivity contribution < 1.29 is 14.3 Å². The molecule has 1 aliphatic rings. The average molecular weight is 257 g/mol. The van der Waals surface area contributed by atoms with Crippen LogP contribution in [-0.2, 0) is 6.42 Å². The topological polar surface area (TPSA) is 40.5 Å². The van der Waals surface area contributed by atoms with Crippen molar-refractivity contribution in [3.63, 3.8) is 0 Å². The second kappa shape index (κ2) is 4.39. The minimum atomic E-state index is -1.24. The third-order valence-electron chi connectivity index (χ3n) is 3.38. The van der Waals surface area contributed by atoms with Gasteiger partial charge in [0.25, 0.3) is 0 Å². The summed E-state index contributed by atoms with van der Waals surface area (Å²) in [5, 5.41) is 8.97. The van der Waals surface area contributed by atoms with Crippen LogP contribution in [0, 0.1) is 5.82 Å². The standard InChI is InChI=1S/C15H12FNO2/c16-13-6-5-11(9-12(13)15(18)19)17-8-7-10-3-1-2-4-14(10)17/h1-6,9H,7-8H2,(H,18,19). The Morgan fingerprint density at radius 2 is 2.00 bits per heavy atom. The minimum absolute atomic E-state index is 0.290. The number of hydrogen-bond donors (Lipinski definition) is 1. The number of para-hydroxylation sites is 1. The number of nitrogens with zero attached hydrogens (tertiary/aromatic N) is 1. The Morgan fingerprint density at radius 1 is 1.21 bits per heavy atom. The van der Waals surface area contributed by atoms with Crippen LogP contribution in [0.15, 0.2) is 42.5 Å². The molecule has 0 saturated carbocycles. The molecule has 0 bridgehead atoms. The van der Waals surface area contributed by atoms with E-state index in [-0.39, 0.29) is 5.56 Å². The number of rotatable bonds is 2. The fraction of sp³-hybridized carbons (Fsp3) is 0.133. The van der Waals surface area contributed by atoms with Gasteiger partial charge in [-0.15, -0.1) is 0 Å². The number of halogens is 1. The zero-order chi connectivity index (χ0) is 13.4. The van der Waals surface area contributed by atoms with Crippen LogP contribution in [0.5, 0.6) is 0 Å². The van der Waals surface area contributed by atoms with Gasteiger partial charge in [0.15, 0.2) is 0 Å². The van der Waals surface area contributed by atoms with E-state index >= 15 is 0 Å². The van der Waals surface area contributed by atoms with Crippen LogP contribution in [0.2, 0.25) is 0 Å². The van der Waals surface area contributed by atoms with Gasteiger partial charge in [-0.2, -0.15) is 0 Å². The molecule has 0 saturated heterocycles. The van der Waals surface area contributed by atoms with Gasteiger partial charge < -0.3 is 10.0 Å². The third-order valence-corrected chi connectivity index (χ3v) is 3.38. The van der Waals surface area contributed by atoms with Gasteiger partial charge in [0.05, 0.1) is 5.56 Å². The molecule has 3 rings (SSSR count). The number of aromatic carboxylic acids is 1. The van der Waals surface area contributed by atoms with Gasteiger partial charge in [-0.3, -0.25) is 0 Å². The quantitative estimate of drug-likeness (QED) is 0.898. The second-order valence-corrected chi connectivity index (χ2v) is 4.50. The Bertz CT molecular complexity index is 654. The monoisotopic (exact) mass is 257 g/mol. The number of carboxylic acids is 1. The third kappa shape index (κ3) is 1.95. The predicted molar refractivity (Wildman–Crippen MR) is 70.5 cm³/mol. The van der Waals surface area contributed by atoms with Crippen LogP contribution in [0.1, 0.15) is 15.9 Å². The first kappa shape index (κ1) is 11.7. The lowest BCUT2D eigenvalue weighted by Gasteiger charge is -2.20. The molecule has 2 aromatic carbocycles. The highest BCUT2D eigenvalue weighted by molar-refractivity contribution is 5.89. The van der Waals surface area contributed by atoms with Crippen molar-refractivity contribution in [1.29, 1.82) is 0 Å². The van der Waals surface area contributed by atoms with Crippen molar-refractivity contribution in [3.8, 4) is 0 Å². The lowest BCUT2D eigenvalue weighted by Crippen LogP contribution is -2.14. The van der Waals surface area contributed by atoms with Crippen molar-refractivity contribution in [2.75, 3.05) is 11.4 Å². The molecule has 0 fully saturated rings. The molecule has 2 aromatic rings. The van der Waals surface area contributed by atoms with Gasteiger partial charge in [0.2, 0.25) is 0 Å². The van der Waals surface area contributed by atoms with E-state index in [0.717, 1.165) is 18.7 Å². The number of anilines is 2. The fourth-order valence-electron chi connectivity index (χ4n) is 2.45. The van der Waals surface area contributed by atoms with E-state index in [1.54, 1.807) is 6.07 Å². The Kier molecular flexibility index (Phi) is 2.71. The Balaban J connectivity index is 2.05. The molecule has 3 nitrogen and oxygen atoms in total. The number of benzene rings is 2. The smallest absolute Gasteiger partial charge is 0.338 e. The molecular weight excluding hydrogens is 245 g/mol. The maximum absolute atomic E-state index is 13.4. The van der Waals surface area contributed by atoms with E-state index in [9.17, 15) is 9.18 Å². The van der Waals surface area contributed by atoms with Crippen LogP contribution < -0.4 is 4.90 Å². The summed E-state index contributed by atoms with van der Waals surface area (Å²) in [6, 6.07) is 12.2. The molecule has 0 aromatic heterocycles. The van der Waals surface area contributed by atoms with Gasteiger partial charge in [-0.25, -0.2) is 9.18 Å². The van der Waals surface area contributed by atoms with Crippen LogP contribution in [0.25, 0.3) is 0 Å². The maximum Gasteiger partial charge on any atom is 0.338 e. The number of carbonyl (C=O) groups is 1. The predicted octanol–water partition coefficient (Wildman–Crippen LogP) is 3.22. The van der Waals surface area contributed by atoms with Crippen molar-refractivity contribution in [3.05, 3.63) is 59.4 Å². The highest BCUT2D eigenvalue weighted by atomic mass is 19.1. The summed E-state index contributed by atoms with van der Waals surface area (Å²) in [5.41, 5.74) is 2.71. The normalized spacial score (nSPS) is 13.4. The SMILES string of the molecule is O=C(O)c1cc(N2CCc3ccccc32)ccc1F. The number of fused-ring (bicyclic) bond motifs is 1. The lowest BCUT2D eigenvalue weighted by molar-refractivity contribution is 0.0692. The Morgan fingerprint density at radius 3 is 2.79 bits per heavy atom. The van der Waals surface area contributed by atoms with E-state index < -0.39 is 11.8 Å². The first-order valence-electron chi connectivity index (χ1n) is 6.05. The molecule has 96 valence electrons. The lowest BCUT2D eigenvalue weighted by atomic mass is 10.1. The number of carboxylic acid groups (broad SMARTS) is 1. The first-order valence-corrected chi connectivity index (χ1v) is 6.05. The van der Waals surface area contributed by atoms with Crippen molar-refractivity contribution in [2.24, 2.45) is 0 Å². The highest BCUT2D eigenvalue weighted by Gasteiger charge is 2.21. The zero-order valence-corrected chi connectivity index (χ0v) is 10.1. The molecule has 1 N–H and O–H groups in total. The van der Waals surface area contributed by atoms with Crippen LogP contribution in [0.4, 0.5) is 15.8 Å². The molecule has 19 heavy (non-hydrogen) atoms. The molecule has 0 spiro atoms.